The molecule has 0 spiro atoms. The predicted molar refractivity (Wildman–Crippen MR) is 111 cm³/mol. The van der Waals surface area contributed by atoms with Crippen molar-refractivity contribution in [1.29, 1.82) is 0 Å². The van der Waals surface area contributed by atoms with Crippen molar-refractivity contribution in [3.8, 4) is 11.6 Å². The number of aromatic nitrogens is 7. The first-order valence-corrected chi connectivity index (χ1v) is 10.5. The maximum Gasteiger partial charge on any atom is 0.218 e. The maximum atomic E-state index is 4.88. The van der Waals surface area contributed by atoms with E-state index in [9.17, 15) is 0 Å². The first-order chi connectivity index (χ1) is 14.3. The van der Waals surface area contributed by atoms with Gasteiger partial charge in [0.25, 0.3) is 0 Å². The van der Waals surface area contributed by atoms with Gasteiger partial charge in [-0.05, 0) is 43.7 Å². The minimum Gasteiger partial charge on any atom is -0.257 e. The van der Waals surface area contributed by atoms with Gasteiger partial charge in [-0.2, -0.15) is 5.10 Å². The van der Waals surface area contributed by atoms with E-state index in [0.717, 1.165) is 41.2 Å². The van der Waals surface area contributed by atoms with Crippen molar-refractivity contribution >= 4 is 10.9 Å². The number of rotatable bonds is 5. The molecule has 0 amide bonds. The van der Waals surface area contributed by atoms with Crippen LogP contribution in [0.4, 0.5) is 0 Å². The summed E-state index contributed by atoms with van der Waals surface area (Å²) in [5.74, 6) is 3.54. The number of nitrogens with one attached hydrogen (secondary N) is 1. The van der Waals surface area contributed by atoms with Crippen LogP contribution in [-0.2, 0) is 6.54 Å². The molecule has 0 saturated heterocycles. The molecule has 3 heterocycles. The minimum atomic E-state index is 0.433. The van der Waals surface area contributed by atoms with Crippen LogP contribution in [0.15, 0.2) is 42.7 Å². The first-order valence-electron chi connectivity index (χ1n) is 10.5. The van der Waals surface area contributed by atoms with Crippen LogP contribution < -0.4 is 0 Å². The number of hydrogen-bond donors (Lipinski definition) is 1. The molecule has 0 bridgehead atoms. The Bertz CT molecular complexity index is 1090. The molecule has 1 aromatic carbocycles. The number of H-pyrrole nitrogens is 1. The lowest BCUT2D eigenvalue weighted by atomic mass is 9.80. The molecule has 7 nitrogen and oxygen atoms in total. The molecule has 0 aliphatic heterocycles. The molecule has 7 heteroatoms. The number of aromatic amines is 1. The molecule has 0 radical (unpaired) electrons. The summed E-state index contributed by atoms with van der Waals surface area (Å²) in [6, 6.07) is 12.4. The van der Waals surface area contributed by atoms with Gasteiger partial charge in [0.1, 0.15) is 12.2 Å². The lowest BCUT2D eigenvalue weighted by Gasteiger charge is -2.27. The van der Waals surface area contributed by atoms with Gasteiger partial charge in [-0.25, -0.2) is 14.6 Å². The zero-order valence-electron chi connectivity index (χ0n) is 16.6. The third-order valence-electron chi connectivity index (χ3n) is 6.08. The Morgan fingerprint density at radius 2 is 1.90 bits per heavy atom. The third kappa shape index (κ3) is 3.64. The zero-order chi connectivity index (χ0) is 19.6. The number of benzene rings is 1. The highest BCUT2D eigenvalue weighted by Gasteiger charge is 2.27. The monoisotopic (exact) mass is 387 g/mol. The van der Waals surface area contributed by atoms with Crippen molar-refractivity contribution in [1.82, 2.24) is 34.9 Å². The van der Waals surface area contributed by atoms with Gasteiger partial charge >= 0.3 is 0 Å². The minimum absolute atomic E-state index is 0.433. The largest absolute Gasteiger partial charge is 0.257 e. The van der Waals surface area contributed by atoms with Gasteiger partial charge in [0.2, 0.25) is 5.82 Å². The number of pyridine rings is 1. The summed E-state index contributed by atoms with van der Waals surface area (Å²) >= 11 is 0. The highest BCUT2D eigenvalue weighted by atomic mass is 15.4. The topological polar surface area (TPSA) is 85.2 Å². The Kier molecular flexibility index (Phi) is 4.79. The smallest absolute Gasteiger partial charge is 0.218 e. The summed E-state index contributed by atoms with van der Waals surface area (Å²) in [7, 11) is 0. The van der Waals surface area contributed by atoms with Gasteiger partial charge in [-0.1, -0.05) is 37.6 Å². The van der Waals surface area contributed by atoms with Crippen LogP contribution in [0.1, 0.15) is 56.5 Å². The van der Waals surface area contributed by atoms with E-state index in [4.69, 9.17) is 15.1 Å². The fourth-order valence-electron chi connectivity index (χ4n) is 4.36. The quantitative estimate of drug-likeness (QED) is 0.550. The molecule has 1 saturated carbocycles. The van der Waals surface area contributed by atoms with Gasteiger partial charge in [-0.15, -0.1) is 5.10 Å². The van der Waals surface area contributed by atoms with Crippen molar-refractivity contribution in [3.63, 3.8) is 0 Å². The molecule has 1 N–H and O–H groups in total. The van der Waals surface area contributed by atoms with Gasteiger partial charge in [0.05, 0.1) is 17.8 Å². The lowest BCUT2D eigenvalue weighted by Crippen LogP contribution is -2.18. The van der Waals surface area contributed by atoms with E-state index in [2.05, 4.69) is 40.3 Å². The molecule has 4 aromatic rings. The van der Waals surface area contributed by atoms with E-state index in [0.29, 0.717) is 24.1 Å². The van der Waals surface area contributed by atoms with E-state index < -0.39 is 0 Å². The predicted octanol–water partition coefficient (Wildman–Crippen LogP) is 4.34. The van der Waals surface area contributed by atoms with Crippen molar-refractivity contribution < 1.29 is 0 Å². The average molecular weight is 387 g/mol. The summed E-state index contributed by atoms with van der Waals surface area (Å²) in [6.45, 7) is 2.90. The SMILES string of the molecule is CCC1CCC(c2nc(-c3ncn[nH]3)nn2Cc2ccc3ccccc3n2)CC1. The number of hydrogen-bond acceptors (Lipinski definition) is 5. The van der Waals surface area contributed by atoms with Crippen LogP contribution in [0.25, 0.3) is 22.6 Å². The normalized spacial score (nSPS) is 19.6. The van der Waals surface area contributed by atoms with Crippen molar-refractivity contribution in [3.05, 3.63) is 54.2 Å². The van der Waals surface area contributed by atoms with Gasteiger partial charge in [0, 0.05) is 11.3 Å². The molecule has 1 aliphatic carbocycles. The van der Waals surface area contributed by atoms with Crippen LogP contribution in [-0.4, -0.2) is 34.9 Å². The zero-order valence-corrected chi connectivity index (χ0v) is 16.6. The van der Waals surface area contributed by atoms with E-state index in [1.54, 1.807) is 0 Å². The van der Waals surface area contributed by atoms with Crippen LogP contribution in [0.2, 0.25) is 0 Å². The second kappa shape index (κ2) is 7.73. The van der Waals surface area contributed by atoms with Crippen LogP contribution >= 0.6 is 0 Å². The molecule has 0 atom stereocenters. The maximum absolute atomic E-state index is 4.88. The Balaban J connectivity index is 1.48. The second-order valence-corrected chi connectivity index (χ2v) is 7.91. The van der Waals surface area contributed by atoms with Crippen LogP contribution in [0.3, 0.4) is 0 Å². The van der Waals surface area contributed by atoms with Gasteiger partial charge in [-0.3, -0.25) is 10.1 Å². The molecular formula is C22H25N7. The summed E-state index contributed by atoms with van der Waals surface area (Å²) in [6.07, 6.45) is 7.62. The fourth-order valence-corrected chi connectivity index (χ4v) is 4.36. The summed E-state index contributed by atoms with van der Waals surface area (Å²) in [5, 5.41) is 12.8. The first kappa shape index (κ1) is 18.0. The number of fused-ring (bicyclic) bond motifs is 1. The van der Waals surface area contributed by atoms with E-state index in [1.165, 1.54) is 25.6 Å². The standard InChI is InChI=1S/C22H25N7/c1-2-15-7-9-17(10-8-15)22-26-21(20-23-14-24-27-20)28-29(22)13-18-12-11-16-5-3-4-6-19(16)25-18/h3-6,11-12,14-15,17H,2,7-10,13H2,1H3,(H,23,24,27). The molecule has 148 valence electrons. The Hall–Kier alpha value is -3.09. The molecule has 1 aliphatic rings. The Labute approximate surface area is 169 Å². The molecular weight excluding hydrogens is 362 g/mol. The Morgan fingerprint density at radius 1 is 1.03 bits per heavy atom. The molecule has 29 heavy (non-hydrogen) atoms. The summed E-state index contributed by atoms with van der Waals surface area (Å²) < 4.78 is 2.02. The third-order valence-corrected chi connectivity index (χ3v) is 6.08. The lowest BCUT2D eigenvalue weighted by molar-refractivity contribution is 0.306. The van der Waals surface area contributed by atoms with Crippen molar-refractivity contribution in [2.75, 3.05) is 0 Å². The summed E-state index contributed by atoms with van der Waals surface area (Å²) in [5.41, 5.74) is 1.99. The van der Waals surface area contributed by atoms with E-state index in [1.807, 2.05) is 22.9 Å². The van der Waals surface area contributed by atoms with Crippen molar-refractivity contribution in [2.24, 2.45) is 5.92 Å². The highest BCUT2D eigenvalue weighted by molar-refractivity contribution is 5.78. The molecule has 1 fully saturated rings. The molecule has 5 rings (SSSR count). The Morgan fingerprint density at radius 3 is 2.69 bits per heavy atom. The van der Waals surface area contributed by atoms with E-state index >= 15 is 0 Å². The van der Waals surface area contributed by atoms with Gasteiger partial charge < -0.3 is 0 Å². The molecule has 0 unspecified atom stereocenters. The number of para-hydroxylation sites is 1. The average Bonchev–Trinajstić information content (AvgIpc) is 3.44. The molecule has 3 aromatic heterocycles. The van der Waals surface area contributed by atoms with Crippen LogP contribution in [0.5, 0.6) is 0 Å². The second-order valence-electron chi connectivity index (χ2n) is 7.91. The highest BCUT2D eigenvalue weighted by Crippen LogP contribution is 2.36. The van der Waals surface area contributed by atoms with Gasteiger partial charge in [0.15, 0.2) is 5.82 Å². The summed E-state index contributed by atoms with van der Waals surface area (Å²) in [4.78, 5) is 13.9. The van der Waals surface area contributed by atoms with E-state index in [-0.39, 0.29) is 0 Å². The number of nitrogens with zero attached hydrogens (tertiary/aromatic N) is 6. The van der Waals surface area contributed by atoms with Crippen LogP contribution in [0, 0.1) is 5.92 Å². The van der Waals surface area contributed by atoms with Crippen molar-refractivity contribution in [2.45, 2.75) is 51.5 Å². The fraction of sp³-hybridized carbons (Fsp3) is 0.409.